The Hall–Kier alpha value is -0.650. The third-order valence-corrected chi connectivity index (χ3v) is 3.12. The van der Waals surface area contributed by atoms with Gasteiger partial charge in [0, 0.05) is 25.6 Å². The van der Waals surface area contributed by atoms with Crippen LogP contribution in [0.25, 0.3) is 0 Å². The van der Waals surface area contributed by atoms with Crippen molar-refractivity contribution in [3.8, 4) is 0 Å². The standard InChI is InChI=1S/C12H24N2O3/c1-16-8-9-17-7-6-14-12(15)10-2-4-11(13)5-3-10/h10-11H,2-9,13H2,1H3,(H,14,15). The SMILES string of the molecule is COCCOCCNC(=O)C1CCC(N)CC1. The van der Waals surface area contributed by atoms with E-state index >= 15 is 0 Å². The van der Waals surface area contributed by atoms with Gasteiger partial charge in [0.1, 0.15) is 0 Å². The summed E-state index contributed by atoms with van der Waals surface area (Å²) in [5.74, 6) is 0.293. The van der Waals surface area contributed by atoms with Gasteiger partial charge in [-0.2, -0.15) is 0 Å². The second-order valence-electron chi connectivity index (χ2n) is 4.51. The minimum atomic E-state index is 0.146. The maximum absolute atomic E-state index is 11.8. The van der Waals surface area contributed by atoms with Crippen molar-refractivity contribution < 1.29 is 14.3 Å². The van der Waals surface area contributed by atoms with Crippen molar-refractivity contribution in [1.29, 1.82) is 0 Å². The summed E-state index contributed by atoms with van der Waals surface area (Å²) in [5, 5.41) is 2.90. The van der Waals surface area contributed by atoms with E-state index in [9.17, 15) is 4.79 Å². The summed E-state index contributed by atoms with van der Waals surface area (Å²) in [5.41, 5.74) is 5.80. The lowest BCUT2D eigenvalue weighted by molar-refractivity contribution is -0.126. The Balaban J connectivity index is 2.01. The van der Waals surface area contributed by atoms with E-state index in [1.165, 1.54) is 0 Å². The van der Waals surface area contributed by atoms with E-state index in [0.717, 1.165) is 25.7 Å². The molecule has 1 aliphatic rings. The number of amides is 1. The Kier molecular flexibility index (Phi) is 7.16. The molecule has 0 aromatic carbocycles. The maximum atomic E-state index is 11.8. The van der Waals surface area contributed by atoms with Crippen molar-refractivity contribution >= 4 is 5.91 Å². The van der Waals surface area contributed by atoms with Crippen LogP contribution in [-0.2, 0) is 14.3 Å². The molecule has 0 radical (unpaired) electrons. The molecule has 0 aromatic rings. The zero-order valence-corrected chi connectivity index (χ0v) is 10.6. The quantitative estimate of drug-likeness (QED) is 0.631. The molecule has 0 spiro atoms. The van der Waals surface area contributed by atoms with Crippen LogP contribution in [0.2, 0.25) is 0 Å². The second kappa shape index (κ2) is 8.44. The third-order valence-electron chi connectivity index (χ3n) is 3.12. The Morgan fingerprint density at radius 2 is 1.94 bits per heavy atom. The maximum Gasteiger partial charge on any atom is 0.223 e. The lowest BCUT2D eigenvalue weighted by Crippen LogP contribution is -2.37. The van der Waals surface area contributed by atoms with E-state index in [2.05, 4.69) is 5.32 Å². The molecule has 0 aromatic heterocycles. The van der Waals surface area contributed by atoms with Crippen LogP contribution >= 0.6 is 0 Å². The number of nitrogens with two attached hydrogens (primary N) is 1. The molecule has 0 heterocycles. The lowest BCUT2D eigenvalue weighted by atomic mass is 9.86. The first-order valence-electron chi connectivity index (χ1n) is 6.34. The minimum absolute atomic E-state index is 0.146. The van der Waals surface area contributed by atoms with Crippen LogP contribution in [-0.4, -0.2) is 45.4 Å². The molecule has 100 valence electrons. The zero-order chi connectivity index (χ0) is 12.5. The molecule has 1 aliphatic carbocycles. The number of carbonyl (C=O) groups is 1. The fraction of sp³-hybridized carbons (Fsp3) is 0.917. The Bertz CT molecular complexity index is 216. The summed E-state index contributed by atoms with van der Waals surface area (Å²) < 4.78 is 10.1. The van der Waals surface area contributed by atoms with Crippen LogP contribution in [0, 0.1) is 5.92 Å². The van der Waals surface area contributed by atoms with E-state index in [-0.39, 0.29) is 17.9 Å². The van der Waals surface area contributed by atoms with Gasteiger partial charge in [-0.3, -0.25) is 4.79 Å². The first kappa shape index (κ1) is 14.4. The van der Waals surface area contributed by atoms with Gasteiger partial charge >= 0.3 is 0 Å². The van der Waals surface area contributed by atoms with Gasteiger partial charge in [0.25, 0.3) is 0 Å². The molecule has 17 heavy (non-hydrogen) atoms. The van der Waals surface area contributed by atoms with Gasteiger partial charge in [-0.25, -0.2) is 0 Å². The zero-order valence-electron chi connectivity index (χ0n) is 10.6. The number of rotatable bonds is 7. The van der Waals surface area contributed by atoms with Crippen molar-refractivity contribution in [1.82, 2.24) is 5.32 Å². The van der Waals surface area contributed by atoms with Crippen molar-refractivity contribution in [3.63, 3.8) is 0 Å². The van der Waals surface area contributed by atoms with Gasteiger partial charge in [-0.1, -0.05) is 0 Å². The largest absolute Gasteiger partial charge is 0.382 e. The van der Waals surface area contributed by atoms with Gasteiger partial charge in [0.2, 0.25) is 5.91 Å². The molecular weight excluding hydrogens is 220 g/mol. The topological polar surface area (TPSA) is 73.6 Å². The van der Waals surface area contributed by atoms with Crippen LogP contribution in [0.15, 0.2) is 0 Å². The van der Waals surface area contributed by atoms with Crippen molar-refractivity contribution in [2.24, 2.45) is 11.7 Å². The summed E-state index contributed by atoms with van der Waals surface area (Å²) in [6.45, 7) is 2.28. The molecule has 1 saturated carbocycles. The first-order chi connectivity index (χ1) is 8.24. The van der Waals surface area contributed by atoms with E-state index < -0.39 is 0 Å². The van der Waals surface area contributed by atoms with Crippen LogP contribution in [0.4, 0.5) is 0 Å². The summed E-state index contributed by atoms with van der Waals surface area (Å²) >= 11 is 0. The smallest absolute Gasteiger partial charge is 0.223 e. The van der Waals surface area contributed by atoms with Crippen LogP contribution in [0.5, 0.6) is 0 Å². The van der Waals surface area contributed by atoms with E-state index in [4.69, 9.17) is 15.2 Å². The van der Waals surface area contributed by atoms with Crippen LogP contribution < -0.4 is 11.1 Å². The molecule has 1 amide bonds. The van der Waals surface area contributed by atoms with Crippen molar-refractivity contribution in [2.75, 3.05) is 33.5 Å². The molecule has 0 bridgehead atoms. The fourth-order valence-electron chi connectivity index (χ4n) is 2.02. The number of nitrogens with one attached hydrogen (secondary N) is 1. The molecular formula is C12H24N2O3. The van der Waals surface area contributed by atoms with Gasteiger partial charge in [0.05, 0.1) is 19.8 Å². The highest BCUT2D eigenvalue weighted by molar-refractivity contribution is 5.78. The van der Waals surface area contributed by atoms with Gasteiger partial charge < -0.3 is 20.5 Å². The number of methoxy groups -OCH3 is 1. The summed E-state index contributed by atoms with van der Waals surface area (Å²) in [6.07, 6.45) is 3.75. The fourth-order valence-corrected chi connectivity index (χ4v) is 2.02. The molecule has 0 unspecified atom stereocenters. The average Bonchev–Trinajstić information content (AvgIpc) is 2.34. The third kappa shape index (κ3) is 6.00. The lowest BCUT2D eigenvalue weighted by Gasteiger charge is -2.25. The monoisotopic (exact) mass is 244 g/mol. The molecule has 1 rings (SSSR count). The average molecular weight is 244 g/mol. The number of hydrogen-bond acceptors (Lipinski definition) is 4. The highest BCUT2D eigenvalue weighted by Gasteiger charge is 2.23. The van der Waals surface area contributed by atoms with E-state index in [1.54, 1.807) is 7.11 Å². The van der Waals surface area contributed by atoms with E-state index in [0.29, 0.717) is 26.4 Å². The van der Waals surface area contributed by atoms with Gasteiger partial charge in [0.15, 0.2) is 0 Å². The molecule has 1 fully saturated rings. The highest BCUT2D eigenvalue weighted by atomic mass is 16.5. The predicted molar refractivity (Wildman–Crippen MR) is 65.6 cm³/mol. The molecule has 5 heteroatoms. The number of ether oxygens (including phenoxy) is 2. The summed E-state index contributed by atoms with van der Waals surface area (Å²) in [4.78, 5) is 11.8. The van der Waals surface area contributed by atoms with Crippen molar-refractivity contribution in [2.45, 2.75) is 31.7 Å². The Labute approximate surface area is 103 Å². The molecule has 3 N–H and O–H groups in total. The van der Waals surface area contributed by atoms with Crippen LogP contribution in [0.3, 0.4) is 0 Å². The molecule has 0 atom stereocenters. The number of carbonyl (C=O) groups excluding carboxylic acids is 1. The minimum Gasteiger partial charge on any atom is -0.382 e. The summed E-state index contributed by atoms with van der Waals surface area (Å²) in [7, 11) is 1.64. The normalized spacial score (nSPS) is 24.6. The van der Waals surface area contributed by atoms with Gasteiger partial charge in [-0.05, 0) is 25.7 Å². The molecule has 0 aliphatic heterocycles. The Morgan fingerprint density at radius 3 is 2.59 bits per heavy atom. The summed E-state index contributed by atoms with van der Waals surface area (Å²) in [6, 6.07) is 0.288. The Morgan fingerprint density at radius 1 is 1.24 bits per heavy atom. The highest BCUT2D eigenvalue weighted by Crippen LogP contribution is 2.22. The van der Waals surface area contributed by atoms with Crippen LogP contribution in [0.1, 0.15) is 25.7 Å². The number of hydrogen-bond donors (Lipinski definition) is 2. The molecule has 5 nitrogen and oxygen atoms in total. The predicted octanol–water partition coefficient (Wildman–Crippen LogP) is 0.283. The molecule has 0 saturated heterocycles. The van der Waals surface area contributed by atoms with Gasteiger partial charge in [-0.15, -0.1) is 0 Å². The second-order valence-corrected chi connectivity index (χ2v) is 4.51. The van der Waals surface area contributed by atoms with Crippen molar-refractivity contribution in [3.05, 3.63) is 0 Å². The van der Waals surface area contributed by atoms with E-state index in [1.807, 2.05) is 0 Å². The first-order valence-corrected chi connectivity index (χ1v) is 6.34.